The molecule has 0 radical (unpaired) electrons. The van der Waals surface area contributed by atoms with Crippen molar-refractivity contribution >= 4 is 16.0 Å². The third kappa shape index (κ3) is 5.12. The second-order valence-corrected chi connectivity index (χ2v) is 7.20. The number of nitrogens with zero attached hydrogens (tertiary/aromatic N) is 1. The van der Waals surface area contributed by atoms with Gasteiger partial charge in [0, 0.05) is 13.0 Å². The number of carbonyl (C=O) groups is 1. The third-order valence-corrected chi connectivity index (χ3v) is 5.03. The van der Waals surface area contributed by atoms with Crippen LogP contribution in [0.1, 0.15) is 35.4 Å². The first-order valence-electron chi connectivity index (χ1n) is 7.76. The number of hydrogen-bond acceptors (Lipinski definition) is 5. The number of nitriles is 1. The Morgan fingerprint density at radius 2 is 1.81 bits per heavy atom. The Morgan fingerprint density at radius 3 is 2.38 bits per heavy atom. The van der Waals surface area contributed by atoms with Gasteiger partial charge in [0.2, 0.25) is 10.0 Å². The lowest BCUT2D eigenvalue weighted by molar-refractivity contribution is 0.0337. The largest absolute Gasteiger partial charge is 0.454 e. The van der Waals surface area contributed by atoms with E-state index in [1.165, 1.54) is 48.5 Å². The van der Waals surface area contributed by atoms with Crippen LogP contribution in [0.25, 0.3) is 0 Å². The van der Waals surface area contributed by atoms with E-state index < -0.39 is 22.1 Å². The fourth-order valence-corrected chi connectivity index (χ4v) is 3.16. The van der Waals surface area contributed by atoms with Crippen LogP contribution in [0.15, 0.2) is 53.4 Å². The first-order valence-corrected chi connectivity index (χ1v) is 9.25. The van der Waals surface area contributed by atoms with Crippen LogP contribution in [0.2, 0.25) is 0 Å². The Balaban J connectivity index is 2.04. The highest BCUT2D eigenvalue weighted by atomic mass is 32.2. The Morgan fingerprint density at radius 1 is 1.19 bits per heavy atom. The molecular weight excluding hydrogens is 359 g/mol. The highest BCUT2D eigenvalue weighted by Gasteiger charge is 2.17. The number of nitrogens with one attached hydrogen (secondary N) is 1. The van der Waals surface area contributed by atoms with Gasteiger partial charge in [-0.05, 0) is 48.9 Å². The van der Waals surface area contributed by atoms with Gasteiger partial charge in [-0.1, -0.05) is 12.1 Å². The van der Waals surface area contributed by atoms with Crippen molar-refractivity contribution in [3.63, 3.8) is 0 Å². The number of rotatable bonds is 7. The molecule has 2 rings (SSSR count). The van der Waals surface area contributed by atoms with Crippen molar-refractivity contribution < 1.29 is 22.3 Å². The number of sulfonamides is 1. The molecule has 136 valence electrons. The number of benzene rings is 2. The minimum absolute atomic E-state index is 0.0117. The number of carbonyl (C=O) groups excluding carboxylic acids is 1. The predicted molar refractivity (Wildman–Crippen MR) is 92.1 cm³/mol. The summed E-state index contributed by atoms with van der Waals surface area (Å²) >= 11 is 0. The van der Waals surface area contributed by atoms with Gasteiger partial charge in [-0.2, -0.15) is 5.26 Å². The van der Waals surface area contributed by atoms with Crippen molar-refractivity contribution in [2.45, 2.75) is 24.3 Å². The van der Waals surface area contributed by atoms with E-state index in [4.69, 9.17) is 10.00 Å². The van der Waals surface area contributed by atoms with Crippen LogP contribution < -0.4 is 4.72 Å². The van der Waals surface area contributed by atoms with Crippen LogP contribution in [0, 0.1) is 17.1 Å². The second-order valence-electron chi connectivity index (χ2n) is 5.43. The van der Waals surface area contributed by atoms with Crippen LogP contribution in [-0.4, -0.2) is 20.9 Å². The van der Waals surface area contributed by atoms with Gasteiger partial charge in [0.1, 0.15) is 11.9 Å². The highest BCUT2D eigenvalue weighted by molar-refractivity contribution is 7.89. The molecule has 0 unspecified atom stereocenters. The predicted octanol–water partition coefficient (Wildman–Crippen LogP) is 2.94. The van der Waals surface area contributed by atoms with Gasteiger partial charge in [0.15, 0.2) is 0 Å². The molecule has 2 aromatic carbocycles. The Labute approximate surface area is 151 Å². The minimum Gasteiger partial charge on any atom is -0.454 e. The maximum Gasteiger partial charge on any atom is 0.338 e. The maximum absolute atomic E-state index is 12.9. The number of ether oxygens (including phenoxy) is 1. The molecule has 8 heteroatoms. The van der Waals surface area contributed by atoms with Crippen LogP contribution in [0.5, 0.6) is 0 Å². The summed E-state index contributed by atoms with van der Waals surface area (Å²) in [6, 6.07) is 12.7. The molecule has 2 aromatic rings. The minimum atomic E-state index is -3.73. The van der Waals surface area contributed by atoms with Crippen molar-refractivity contribution in [3.8, 4) is 6.07 Å². The molecule has 0 saturated heterocycles. The Kier molecular flexibility index (Phi) is 6.44. The zero-order chi connectivity index (χ0) is 19.2. The first kappa shape index (κ1) is 19.6. The van der Waals surface area contributed by atoms with E-state index in [1.807, 2.05) is 6.07 Å². The maximum atomic E-state index is 12.9. The number of halogens is 1. The molecule has 6 nitrogen and oxygen atoms in total. The molecule has 0 spiro atoms. The third-order valence-electron chi connectivity index (χ3n) is 3.55. The summed E-state index contributed by atoms with van der Waals surface area (Å²) in [7, 11) is -3.73. The summed E-state index contributed by atoms with van der Waals surface area (Å²) in [6.45, 7) is 1.67. The van der Waals surface area contributed by atoms with E-state index in [0.29, 0.717) is 5.56 Å². The molecular formula is C18H17FN2O4S. The zero-order valence-corrected chi connectivity index (χ0v) is 14.8. The Bertz CT molecular complexity index is 904. The molecule has 0 aromatic heterocycles. The fraction of sp³-hybridized carbons (Fsp3) is 0.222. The van der Waals surface area contributed by atoms with Gasteiger partial charge < -0.3 is 4.74 Å². The van der Waals surface area contributed by atoms with Gasteiger partial charge in [0.25, 0.3) is 0 Å². The van der Waals surface area contributed by atoms with E-state index in [0.717, 1.165) is 0 Å². The summed E-state index contributed by atoms with van der Waals surface area (Å²) in [5, 5.41) is 8.44. The molecule has 0 aliphatic rings. The number of esters is 1. The molecule has 0 aliphatic heterocycles. The SMILES string of the molecule is C[C@H](OC(=O)c1ccc(S(=O)(=O)NCCC#N)cc1)c1ccc(F)cc1. The van der Waals surface area contributed by atoms with E-state index in [2.05, 4.69) is 4.72 Å². The number of hydrogen-bond donors (Lipinski definition) is 1. The molecule has 1 atom stereocenters. The normalized spacial score (nSPS) is 12.2. The van der Waals surface area contributed by atoms with Crippen LogP contribution >= 0.6 is 0 Å². The Hall–Kier alpha value is -2.76. The molecule has 0 bridgehead atoms. The summed E-state index contributed by atoms with van der Waals surface area (Å²) < 4.78 is 44.5. The van der Waals surface area contributed by atoms with E-state index in [-0.39, 0.29) is 29.2 Å². The van der Waals surface area contributed by atoms with Crippen LogP contribution in [0.4, 0.5) is 4.39 Å². The average Bonchev–Trinajstić information content (AvgIpc) is 2.62. The molecule has 26 heavy (non-hydrogen) atoms. The van der Waals surface area contributed by atoms with Crippen molar-refractivity contribution in [1.29, 1.82) is 5.26 Å². The monoisotopic (exact) mass is 376 g/mol. The van der Waals surface area contributed by atoms with E-state index in [9.17, 15) is 17.6 Å². The molecule has 0 aliphatic carbocycles. The van der Waals surface area contributed by atoms with Crippen LogP contribution in [-0.2, 0) is 14.8 Å². The zero-order valence-electron chi connectivity index (χ0n) is 14.0. The van der Waals surface area contributed by atoms with Gasteiger partial charge >= 0.3 is 5.97 Å². The molecule has 0 heterocycles. The van der Waals surface area contributed by atoms with Crippen LogP contribution in [0.3, 0.4) is 0 Å². The fourth-order valence-electron chi connectivity index (χ4n) is 2.13. The van der Waals surface area contributed by atoms with Gasteiger partial charge in [-0.25, -0.2) is 22.3 Å². The summed E-state index contributed by atoms with van der Waals surface area (Å²) in [5.74, 6) is -1.00. The van der Waals surface area contributed by atoms with Gasteiger partial charge in [-0.3, -0.25) is 0 Å². The van der Waals surface area contributed by atoms with Crippen molar-refractivity contribution in [3.05, 3.63) is 65.5 Å². The van der Waals surface area contributed by atoms with E-state index in [1.54, 1.807) is 6.92 Å². The lowest BCUT2D eigenvalue weighted by Gasteiger charge is -2.14. The molecule has 1 N–H and O–H groups in total. The second kappa shape index (κ2) is 8.56. The summed E-state index contributed by atoms with van der Waals surface area (Å²) in [4.78, 5) is 12.2. The average molecular weight is 376 g/mol. The van der Waals surface area contributed by atoms with Crippen molar-refractivity contribution in [1.82, 2.24) is 4.72 Å². The molecule has 0 saturated carbocycles. The highest BCUT2D eigenvalue weighted by Crippen LogP contribution is 2.19. The molecule has 0 amide bonds. The summed E-state index contributed by atoms with van der Waals surface area (Å²) in [5.41, 5.74) is 0.829. The topological polar surface area (TPSA) is 96.3 Å². The first-order chi connectivity index (χ1) is 12.3. The standard InChI is InChI=1S/C18H17FN2O4S/c1-13(14-3-7-16(19)8-4-14)25-18(22)15-5-9-17(10-6-15)26(23,24)21-12-2-11-20/h3-10,13,21H,2,12H2,1H3/t13-/m0/s1. The molecule has 0 fully saturated rings. The van der Waals surface area contributed by atoms with Crippen molar-refractivity contribution in [2.75, 3.05) is 6.54 Å². The van der Waals surface area contributed by atoms with Gasteiger partial charge in [0.05, 0.1) is 16.5 Å². The smallest absolute Gasteiger partial charge is 0.338 e. The van der Waals surface area contributed by atoms with Gasteiger partial charge in [-0.15, -0.1) is 0 Å². The van der Waals surface area contributed by atoms with Crippen molar-refractivity contribution in [2.24, 2.45) is 0 Å². The lowest BCUT2D eigenvalue weighted by atomic mass is 10.1. The quantitative estimate of drug-likeness (QED) is 0.592. The summed E-state index contributed by atoms with van der Waals surface area (Å²) in [6.07, 6.45) is -0.524. The van der Waals surface area contributed by atoms with E-state index >= 15 is 0 Å². The lowest BCUT2D eigenvalue weighted by Crippen LogP contribution is -2.24.